The molecular formula is C16H24N2O2. The van der Waals surface area contributed by atoms with Crippen LogP contribution in [-0.4, -0.2) is 50.8 Å². The van der Waals surface area contributed by atoms with Gasteiger partial charge in [-0.25, -0.2) is 0 Å². The number of fused-ring (bicyclic) bond motifs is 1. The molecule has 2 aliphatic heterocycles. The van der Waals surface area contributed by atoms with Crippen molar-refractivity contribution in [1.82, 2.24) is 10.2 Å². The van der Waals surface area contributed by atoms with E-state index < -0.39 is 0 Å². The zero-order chi connectivity index (χ0) is 13.6. The summed E-state index contributed by atoms with van der Waals surface area (Å²) in [4.78, 5) is 2.56. The Morgan fingerprint density at radius 3 is 2.65 bits per heavy atom. The Hall–Kier alpha value is -1.26. The van der Waals surface area contributed by atoms with Gasteiger partial charge in [0, 0.05) is 26.2 Å². The molecule has 1 fully saturated rings. The minimum atomic E-state index is 0.664. The number of hydrogen-bond donors (Lipinski definition) is 1. The first-order valence-corrected chi connectivity index (χ1v) is 7.73. The smallest absolute Gasteiger partial charge is 0.161 e. The molecule has 3 rings (SSSR count). The summed E-state index contributed by atoms with van der Waals surface area (Å²) in [5.74, 6) is 1.80. The van der Waals surface area contributed by atoms with Gasteiger partial charge in [-0.15, -0.1) is 0 Å². The third kappa shape index (κ3) is 3.64. The summed E-state index contributed by atoms with van der Waals surface area (Å²) in [6.07, 6.45) is 3.64. The van der Waals surface area contributed by atoms with Gasteiger partial charge in [-0.2, -0.15) is 0 Å². The Labute approximate surface area is 121 Å². The van der Waals surface area contributed by atoms with E-state index in [0.29, 0.717) is 13.2 Å². The molecule has 0 saturated carbocycles. The fourth-order valence-corrected chi connectivity index (χ4v) is 2.84. The highest BCUT2D eigenvalue weighted by molar-refractivity contribution is 5.43. The third-order valence-corrected chi connectivity index (χ3v) is 4.01. The van der Waals surface area contributed by atoms with Crippen molar-refractivity contribution in [1.29, 1.82) is 0 Å². The maximum Gasteiger partial charge on any atom is 0.161 e. The molecule has 20 heavy (non-hydrogen) atoms. The van der Waals surface area contributed by atoms with E-state index >= 15 is 0 Å². The molecule has 0 radical (unpaired) electrons. The maximum atomic E-state index is 5.63. The van der Waals surface area contributed by atoms with Gasteiger partial charge < -0.3 is 19.7 Å². The number of hydrogen-bond acceptors (Lipinski definition) is 4. The Balaban J connectivity index is 1.41. The summed E-state index contributed by atoms with van der Waals surface area (Å²) in [5, 5.41) is 3.39. The van der Waals surface area contributed by atoms with Crippen LogP contribution in [0, 0.1) is 0 Å². The number of nitrogens with zero attached hydrogens (tertiary/aromatic N) is 1. The molecule has 0 unspecified atom stereocenters. The number of ether oxygens (including phenoxy) is 2. The van der Waals surface area contributed by atoms with E-state index in [0.717, 1.165) is 31.0 Å². The molecule has 1 N–H and O–H groups in total. The van der Waals surface area contributed by atoms with Crippen LogP contribution in [0.15, 0.2) is 18.2 Å². The second-order valence-corrected chi connectivity index (χ2v) is 5.53. The summed E-state index contributed by atoms with van der Waals surface area (Å²) in [6.45, 7) is 7.24. The van der Waals surface area contributed by atoms with Gasteiger partial charge in [0.25, 0.3) is 0 Å². The average Bonchev–Trinajstić information content (AvgIpc) is 2.52. The molecule has 4 nitrogen and oxygen atoms in total. The molecule has 2 aliphatic rings. The number of rotatable bonds is 5. The van der Waals surface area contributed by atoms with Gasteiger partial charge >= 0.3 is 0 Å². The molecule has 0 aliphatic carbocycles. The third-order valence-electron chi connectivity index (χ3n) is 4.01. The summed E-state index contributed by atoms with van der Waals surface area (Å²) in [7, 11) is 0. The second-order valence-electron chi connectivity index (χ2n) is 5.53. The zero-order valence-electron chi connectivity index (χ0n) is 12.1. The average molecular weight is 276 g/mol. The Kier molecular flexibility index (Phi) is 4.77. The fourth-order valence-electron chi connectivity index (χ4n) is 2.84. The SMILES string of the molecule is c1cc2c(cc1CCCCN1CCNCC1)OCCO2. The van der Waals surface area contributed by atoms with Gasteiger partial charge in [0.1, 0.15) is 13.2 Å². The van der Waals surface area contributed by atoms with Gasteiger partial charge in [0.2, 0.25) is 0 Å². The van der Waals surface area contributed by atoms with Crippen LogP contribution in [0.25, 0.3) is 0 Å². The lowest BCUT2D eigenvalue weighted by molar-refractivity contribution is 0.171. The van der Waals surface area contributed by atoms with Crippen molar-refractivity contribution in [3.05, 3.63) is 23.8 Å². The predicted molar refractivity (Wildman–Crippen MR) is 79.7 cm³/mol. The molecule has 1 saturated heterocycles. The standard InChI is InChI=1S/C16H24N2O2/c1(2-8-18-9-6-17-7-10-18)3-14-4-5-15-16(13-14)20-12-11-19-15/h4-5,13,17H,1-3,6-12H2. The molecule has 1 aromatic carbocycles. The normalized spacial score (nSPS) is 19.0. The molecule has 0 amide bonds. The number of nitrogens with one attached hydrogen (secondary N) is 1. The second kappa shape index (κ2) is 6.95. The first kappa shape index (κ1) is 13.7. The van der Waals surface area contributed by atoms with Crippen molar-refractivity contribution in [2.75, 3.05) is 45.9 Å². The fraction of sp³-hybridized carbons (Fsp3) is 0.625. The van der Waals surface area contributed by atoms with Crippen LogP contribution in [0.3, 0.4) is 0 Å². The van der Waals surface area contributed by atoms with Crippen LogP contribution < -0.4 is 14.8 Å². The van der Waals surface area contributed by atoms with E-state index in [9.17, 15) is 0 Å². The lowest BCUT2D eigenvalue weighted by Crippen LogP contribution is -2.43. The molecule has 4 heteroatoms. The number of aryl methyl sites for hydroxylation is 1. The molecule has 0 bridgehead atoms. The Morgan fingerprint density at radius 2 is 1.80 bits per heavy atom. The van der Waals surface area contributed by atoms with Crippen LogP contribution >= 0.6 is 0 Å². The lowest BCUT2D eigenvalue weighted by Gasteiger charge is -2.27. The predicted octanol–water partition coefficient (Wildman–Crippen LogP) is 1.69. The van der Waals surface area contributed by atoms with Crippen molar-refractivity contribution in [2.45, 2.75) is 19.3 Å². The van der Waals surface area contributed by atoms with Gasteiger partial charge in [0.05, 0.1) is 0 Å². The van der Waals surface area contributed by atoms with Gasteiger partial charge in [0.15, 0.2) is 11.5 Å². The van der Waals surface area contributed by atoms with Crippen molar-refractivity contribution in [2.24, 2.45) is 0 Å². The Bertz CT molecular complexity index is 430. The zero-order valence-corrected chi connectivity index (χ0v) is 12.1. The van der Waals surface area contributed by atoms with Crippen LogP contribution in [-0.2, 0) is 6.42 Å². The van der Waals surface area contributed by atoms with E-state index in [-0.39, 0.29) is 0 Å². The van der Waals surface area contributed by atoms with Gasteiger partial charge in [-0.1, -0.05) is 6.07 Å². The number of unbranched alkanes of at least 4 members (excludes halogenated alkanes) is 1. The number of piperazine rings is 1. The highest BCUT2D eigenvalue weighted by atomic mass is 16.6. The van der Waals surface area contributed by atoms with E-state index in [4.69, 9.17) is 9.47 Å². The molecule has 1 aromatic rings. The first-order chi connectivity index (χ1) is 9.92. The van der Waals surface area contributed by atoms with Crippen molar-refractivity contribution >= 4 is 0 Å². The quantitative estimate of drug-likeness (QED) is 0.830. The minimum absolute atomic E-state index is 0.664. The lowest BCUT2D eigenvalue weighted by atomic mass is 10.1. The topological polar surface area (TPSA) is 33.7 Å². The number of benzene rings is 1. The molecule has 110 valence electrons. The van der Waals surface area contributed by atoms with Crippen molar-refractivity contribution < 1.29 is 9.47 Å². The highest BCUT2D eigenvalue weighted by Gasteiger charge is 2.12. The Morgan fingerprint density at radius 1 is 1.00 bits per heavy atom. The highest BCUT2D eigenvalue weighted by Crippen LogP contribution is 2.31. The molecule has 0 atom stereocenters. The van der Waals surface area contributed by atoms with Crippen molar-refractivity contribution in [3.63, 3.8) is 0 Å². The minimum Gasteiger partial charge on any atom is -0.486 e. The first-order valence-electron chi connectivity index (χ1n) is 7.73. The monoisotopic (exact) mass is 276 g/mol. The van der Waals surface area contributed by atoms with E-state index in [1.165, 1.54) is 38.0 Å². The van der Waals surface area contributed by atoms with E-state index in [1.54, 1.807) is 0 Å². The largest absolute Gasteiger partial charge is 0.486 e. The molecule has 0 aromatic heterocycles. The summed E-state index contributed by atoms with van der Waals surface area (Å²) in [6, 6.07) is 6.35. The van der Waals surface area contributed by atoms with Crippen molar-refractivity contribution in [3.8, 4) is 11.5 Å². The summed E-state index contributed by atoms with van der Waals surface area (Å²) in [5.41, 5.74) is 1.36. The maximum absolute atomic E-state index is 5.63. The molecule has 0 spiro atoms. The van der Waals surface area contributed by atoms with Crippen LogP contribution in [0.2, 0.25) is 0 Å². The van der Waals surface area contributed by atoms with E-state index in [2.05, 4.69) is 22.3 Å². The summed E-state index contributed by atoms with van der Waals surface area (Å²) < 4.78 is 11.2. The summed E-state index contributed by atoms with van der Waals surface area (Å²) >= 11 is 0. The van der Waals surface area contributed by atoms with Crippen LogP contribution in [0.1, 0.15) is 18.4 Å². The molecular weight excluding hydrogens is 252 g/mol. The van der Waals surface area contributed by atoms with Gasteiger partial charge in [-0.3, -0.25) is 0 Å². The van der Waals surface area contributed by atoms with Crippen LogP contribution in [0.4, 0.5) is 0 Å². The molecule has 2 heterocycles. The van der Waals surface area contributed by atoms with Crippen LogP contribution in [0.5, 0.6) is 11.5 Å². The van der Waals surface area contributed by atoms with Gasteiger partial charge in [-0.05, 0) is 43.5 Å². The van der Waals surface area contributed by atoms with E-state index in [1.807, 2.05) is 6.07 Å².